The molecule has 3 aromatic carbocycles. The van der Waals surface area contributed by atoms with Crippen LogP contribution in [0.4, 0.5) is 10.1 Å². The SMILES string of the molecule is CS(=O)(O)(Nc1ccc(-c2cc(CC[C@@H]3CNCCO3)c3cn[nH]c3c2)cc1)c1cc(O)ccc1F. The van der Waals surface area contributed by atoms with Crippen molar-refractivity contribution in [3.05, 3.63) is 72.2 Å². The maximum absolute atomic E-state index is 14.3. The second kappa shape index (κ2) is 9.29. The highest BCUT2D eigenvalue weighted by molar-refractivity contribution is 8.15. The van der Waals surface area contributed by atoms with Gasteiger partial charge in [0.2, 0.25) is 0 Å². The first-order chi connectivity index (χ1) is 17.2. The molecule has 1 aromatic heterocycles. The topological polar surface area (TPSA) is 120 Å². The van der Waals surface area contributed by atoms with Crippen LogP contribution in [-0.2, 0) is 20.7 Å². The molecule has 5 rings (SSSR count). The van der Waals surface area contributed by atoms with Crippen LogP contribution in [0.2, 0.25) is 0 Å². The van der Waals surface area contributed by atoms with Crippen molar-refractivity contribution in [2.45, 2.75) is 23.8 Å². The fourth-order valence-electron chi connectivity index (χ4n) is 4.54. The van der Waals surface area contributed by atoms with Crippen molar-refractivity contribution < 1.29 is 23.0 Å². The summed E-state index contributed by atoms with van der Waals surface area (Å²) in [5.74, 6) is -1.18. The predicted molar refractivity (Wildman–Crippen MR) is 139 cm³/mol. The number of hydrogen-bond donors (Lipinski definition) is 5. The number of phenols is 1. The van der Waals surface area contributed by atoms with Crippen molar-refractivity contribution in [1.82, 2.24) is 15.5 Å². The van der Waals surface area contributed by atoms with Crippen LogP contribution in [0.25, 0.3) is 22.0 Å². The number of morpholine rings is 1. The van der Waals surface area contributed by atoms with Gasteiger partial charge < -0.3 is 15.2 Å². The normalized spacial score (nSPS) is 17.5. The molecule has 36 heavy (non-hydrogen) atoms. The lowest BCUT2D eigenvalue weighted by Gasteiger charge is -2.40. The third kappa shape index (κ3) is 5.12. The summed E-state index contributed by atoms with van der Waals surface area (Å²) in [5.41, 5.74) is 4.33. The number of ether oxygens (including phenoxy) is 1. The summed E-state index contributed by atoms with van der Waals surface area (Å²) in [6, 6.07) is 14.2. The van der Waals surface area contributed by atoms with E-state index in [2.05, 4.69) is 26.3 Å². The molecule has 0 spiro atoms. The van der Waals surface area contributed by atoms with Gasteiger partial charge in [-0.1, -0.05) is 18.2 Å². The van der Waals surface area contributed by atoms with Crippen LogP contribution >= 0.6 is 0 Å². The van der Waals surface area contributed by atoms with Gasteiger partial charge in [-0.3, -0.25) is 14.4 Å². The van der Waals surface area contributed by atoms with Gasteiger partial charge in [0.15, 0.2) is 0 Å². The first-order valence-corrected chi connectivity index (χ1v) is 14.0. The summed E-state index contributed by atoms with van der Waals surface area (Å²) in [6.45, 7) is 2.46. The number of phenolic OH excluding ortho intramolecular Hbond substituents is 1. The lowest BCUT2D eigenvalue weighted by molar-refractivity contribution is 0.0239. The quantitative estimate of drug-likeness (QED) is 0.252. The highest BCUT2D eigenvalue weighted by atomic mass is 32.3. The number of rotatable bonds is 7. The molecular weight excluding hydrogens is 483 g/mol. The van der Waals surface area contributed by atoms with Crippen LogP contribution < -0.4 is 10.0 Å². The van der Waals surface area contributed by atoms with Crippen molar-refractivity contribution in [1.29, 1.82) is 0 Å². The zero-order chi connectivity index (χ0) is 25.4. The van der Waals surface area contributed by atoms with Gasteiger partial charge in [-0.15, -0.1) is 9.53 Å². The molecule has 10 heteroatoms. The molecule has 5 N–H and O–H groups in total. The van der Waals surface area contributed by atoms with E-state index >= 15 is 0 Å². The monoisotopic (exact) mass is 512 g/mol. The van der Waals surface area contributed by atoms with Crippen molar-refractivity contribution >= 4 is 26.1 Å². The molecule has 1 aliphatic rings. The summed E-state index contributed by atoms with van der Waals surface area (Å²) >= 11 is 0. The first-order valence-electron chi connectivity index (χ1n) is 11.7. The Hall–Kier alpha value is -3.31. The molecule has 8 nitrogen and oxygen atoms in total. The summed E-state index contributed by atoms with van der Waals surface area (Å²) in [5, 5.41) is 21.4. The third-order valence-corrected chi connectivity index (χ3v) is 8.46. The van der Waals surface area contributed by atoms with Crippen LogP contribution in [-0.4, -0.2) is 56.1 Å². The van der Waals surface area contributed by atoms with Gasteiger partial charge >= 0.3 is 0 Å². The van der Waals surface area contributed by atoms with Gasteiger partial charge in [-0.05, 0) is 59.9 Å². The second-order valence-corrected chi connectivity index (χ2v) is 12.5. The summed E-state index contributed by atoms with van der Waals surface area (Å²) in [7, 11) is -4.82. The number of H-pyrrole nitrogens is 1. The molecule has 1 aliphatic heterocycles. The van der Waals surface area contributed by atoms with E-state index in [-0.39, 0.29) is 11.9 Å². The van der Waals surface area contributed by atoms with E-state index in [0.717, 1.165) is 79.0 Å². The van der Waals surface area contributed by atoms with E-state index in [1.165, 1.54) is 5.56 Å². The van der Waals surface area contributed by atoms with Gasteiger partial charge in [0, 0.05) is 30.8 Å². The number of aromatic amines is 1. The predicted octanol–water partition coefficient (Wildman–Crippen LogP) is 4.30. The number of aromatic hydroxyl groups is 1. The van der Waals surface area contributed by atoms with E-state index in [4.69, 9.17) is 4.74 Å². The van der Waals surface area contributed by atoms with Crippen molar-refractivity contribution in [2.75, 3.05) is 30.7 Å². The van der Waals surface area contributed by atoms with Gasteiger partial charge in [-0.25, -0.2) is 4.39 Å². The zero-order valence-corrected chi connectivity index (χ0v) is 20.6. The Morgan fingerprint density at radius 3 is 2.72 bits per heavy atom. The number of aryl methyl sites for hydroxylation is 1. The van der Waals surface area contributed by atoms with E-state index in [0.29, 0.717) is 5.69 Å². The van der Waals surface area contributed by atoms with Gasteiger partial charge in [0.25, 0.3) is 0 Å². The number of hydrogen-bond acceptors (Lipinski definition) is 5. The van der Waals surface area contributed by atoms with Gasteiger partial charge in [0.05, 0.1) is 30.1 Å². The fraction of sp³-hybridized carbons (Fsp3) is 0.269. The number of anilines is 1. The van der Waals surface area contributed by atoms with Crippen molar-refractivity contribution in [2.24, 2.45) is 0 Å². The van der Waals surface area contributed by atoms with E-state index in [1.807, 2.05) is 24.4 Å². The second-order valence-electron chi connectivity index (χ2n) is 9.28. The molecule has 0 unspecified atom stereocenters. The smallest absolute Gasteiger partial charge is 0.147 e. The maximum Gasteiger partial charge on any atom is 0.147 e. The third-order valence-electron chi connectivity index (χ3n) is 6.39. The Labute approximate surface area is 208 Å². The summed E-state index contributed by atoms with van der Waals surface area (Å²) < 4.78 is 46.9. The minimum Gasteiger partial charge on any atom is -0.508 e. The van der Waals surface area contributed by atoms with Crippen LogP contribution in [0.15, 0.2) is 65.7 Å². The van der Waals surface area contributed by atoms with Gasteiger partial charge in [0.1, 0.15) is 16.5 Å². The molecule has 190 valence electrons. The van der Waals surface area contributed by atoms with Crippen LogP contribution in [0, 0.1) is 5.82 Å². The molecule has 0 amide bonds. The maximum atomic E-state index is 14.3. The molecular formula is C26H29FN4O4S. The minimum absolute atomic E-state index is 0.182. The Bertz CT molecular complexity index is 1460. The summed E-state index contributed by atoms with van der Waals surface area (Å²) in [4.78, 5) is -0.498. The minimum atomic E-state index is -4.82. The van der Waals surface area contributed by atoms with Crippen LogP contribution in [0.3, 0.4) is 0 Å². The van der Waals surface area contributed by atoms with E-state index < -0.39 is 20.2 Å². The summed E-state index contributed by atoms with van der Waals surface area (Å²) in [6.07, 6.45) is 4.78. The molecule has 0 saturated carbocycles. The number of nitrogens with zero attached hydrogens (tertiary/aromatic N) is 1. The van der Waals surface area contributed by atoms with E-state index in [1.54, 1.807) is 12.1 Å². The van der Waals surface area contributed by atoms with Crippen LogP contribution in [0.1, 0.15) is 12.0 Å². The molecule has 2 heterocycles. The van der Waals surface area contributed by atoms with Crippen LogP contribution in [0.5, 0.6) is 5.75 Å². The van der Waals surface area contributed by atoms with E-state index in [9.17, 15) is 18.3 Å². The molecule has 4 aromatic rings. The molecule has 0 bridgehead atoms. The number of aromatic nitrogens is 2. The average molecular weight is 513 g/mol. The van der Waals surface area contributed by atoms with Crippen molar-refractivity contribution in [3.63, 3.8) is 0 Å². The average Bonchev–Trinajstić information content (AvgIpc) is 3.33. The number of fused-ring (bicyclic) bond motifs is 1. The molecule has 1 atom stereocenters. The Morgan fingerprint density at radius 2 is 1.97 bits per heavy atom. The molecule has 1 saturated heterocycles. The highest BCUT2D eigenvalue weighted by Gasteiger charge is 2.28. The Kier molecular flexibility index (Phi) is 6.29. The first kappa shape index (κ1) is 24.4. The number of nitrogens with one attached hydrogen (secondary N) is 3. The number of benzene rings is 3. The standard InChI is InChI=1S/C26H29FN4O4S/c1-36(33,34,26-14-21(32)7-9-24(26)27)31-20-5-2-17(3-6-20)19-12-18(23-16-29-30-25(23)13-19)4-8-22-15-28-10-11-35-22/h2-3,5-7,9,12-14,16,22,28,32H,4,8,10-11,15H2,1H3,(H,29,30)(H2,31,33,34)/t22-/m1/s1. The lowest BCUT2D eigenvalue weighted by atomic mass is 9.96. The molecule has 0 radical (unpaired) electrons. The van der Waals surface area contributed by atoms with Gasteiger partial charge in [-0.2, -0.15) is 9.31 Å². The fourth-order valence-corrected chi connectivity index (χ4v) is 6.27. The zero-order valence-electron chi connectivity index (χ0n) is 19.8. The highest BCUT2D eigenvalue weighted by Crippen LogP contribution is 2.36. The molecule has 0 aliphatic carbocycles. The Balaban J connectivity index is 1.39. The Morgan fingerprint density at radius 1 is 1.17 bits per heavy atom. The molecule has 1 fully saturated rings. The largest absolute Gasteiger partial charge is 0.508 e. The number of halogens is 1. The lowest BCUT2D eigenvalue weighted by Crippen LogP contribution is -2.40. The van der Waals surface area contributed by atoms with Crippen molar-refractivity contribution in [3.8, 4) is 16.9 Å².